The second kappa shape index (κ2) is 15.5. The molecule has 244 valence electrons. The maximum atomic E-state index is 14.4. The van der Waals surface area contributed by atoms with E-state index in [1.807, 2.05) is 26.0 Å². The largest absolute Gasteiger partial charge is 0.383 e. The molecule has 2 aromatic rings. The Hall–Kier alpha value is -3.76. The number of methoxy groups -OCH3 is 2. The van der Waals surface area contributed by atoms with Crippen molar-refractivity contribution >= 4 is 23.6 Å². The van der Waals surface area contributed by atoms with Gasteiger partial charge in [0.25, 0.3) is 11.8 Å². The molecular weight excluding hydrogens is 572 g/mol. The maximum absolute atomic E-state index is 14.4. The summed E-state index contributed by atoms with van der Waals surface area (Å²) >= 11 is 0. The molecule has 4 amide bonds. The van der Waals surface area contributed by atoms with Gasteiger partial charge in [0.1, 0.15) is 12.1 Å². The van der Waals surface area contributed by atoms with Crippen LogP contribution in [0.3, 0.4) is 0 Å². The Labute approximate surface area is 267 Å². The van der Waals surface area contributed by atoms with Gasteiger partial charge in [0.05, 0.1) is 13.2 Å². The zero-order chi connectivity index (χ0) is 32.7. The Morgan fingerprint density at radius 2 is 1.49 bits per heavy atom. The van der Waals surface area contributed by atoms with Crippen molar-refractivity contribution in [2.45, 2.75) is 58.2 Å². The lowest BCUT2D eigenvalue weighted by Gasteiger charge is -2.44. The van der Waals surface area contributed by atoms with Crippen LogP contribution in [0.2, 0.25) is 0 Å². The van der Waals surface area contributed by atoms with Crippen LogP contribution >= 0.6 is 0 Å². The van der Waals surface area contributed by atoms with Crippen molar-refractivity contribution in [3.05, 3.63) is 70.3 Å². The van der Waals surface area contributed by atoms with Gasteiger partial charge in [-0.15, -0.1) is 0 Å². The van der Waals surface area contributed by atoms with Crippen LogP contribution in [0.15, 0.2) is 42.5 Å². The van der Waals surface area contributed by atoms with E-state index in [1.54, 1.807) is 61.2 Å². The number of nitrogens with one attached hydrogen (secondary N) is 1. The van der Waals surface area contributed by atoms with Crippen molar-refractivity contribution in [3.8, 4) is 0 Å². The van der Waals surface area contributed by atoms with Gasteiger partial charge in [0, 0.05) is 59.1 Å². The third-order valence-corrected chi connectivity index (χ3v) is 9.38. The number of carbonyl (C=O) groups excluding carboxylic acids is 4. The Morgan fingerprint density at radius 3 is 2.04 bits per heavy atom. The van der Waals surface area contributed by atoms with E-state index in [-0.39, 0.29) is 42.0 Å². The Kier molecular flexibility index (Phi) is 11.7. The molecule has 4 rings (SSSR count). The summed E-state index contributed by atoms with van der Waals surface area (Å²) in [4.78, 5) is 60.2. The molecule has 0 unspecified atom stereocenters. The fraction of sp³-hybridized carbons (Fsp3) is 0.543. The molecule has 2 aromatic carbocycles. The van der Waals surface area contributed by atoms with E-state index >= 15 is 0 Å². The lowest BCUT2D eigenvalue weighted by molar-refractivity contribution is -0.154. The van der Waals surface area contributed by atoms with Crippen LogP contribution in [0, 0.1) is 11.8 Å². The fourth-order valence-electron chi connectivity index (χ4n) is 6.60. The lowest BCUT2D eigenvalue weighted by Crippen LogP contribution is -2.66. The molecule has 10 heteroatoms. The van der Waals surface area contributed by atoms with Crippen molar-refractivity contribution in [1.29, 1.82) is 0 Å². The molecule has 1 aliphatic carbocycles. The van der Waals surface area contributed by atoms with Crippen LogP contribution in [-0.4, -0.2) is 105 Å². The highest BCUT2D eigenvalue weighted by molar-refractivity contribution is 6.01. The number of benzene rings is 2. The molecule has 0 spiro atoms. The summed E-state index contributed by atoms with van der Waals surface area (Å²) in [6.07, 6.45) is 2.89. The molecular formula is C35H48N4O6. The van der Waals surface area contributed by atoms with Gasteiger partial charge in [-0.1, -0.05) is 57.0 Å². The number of hydrogen-bond donors (Lipinski definition) is 1. The summed E-state index contributed by atoms with van der Waals surface area (Å²) < 4.78 is 10.3. The summed E-state index contributed by atoms with van der Waals surface area (Å²) in [5.41, 5.74) is 3.70. The van der Waals surface area contributed by atoms with Crippen LogP contribution in [-0.2, 0) is 38.4 Å². The minimum absolute atomic E-state index is 0.0468. The minimum atomic E-state index is -0.664. The van der Waals surface area contributed by atoms with Crippen LogP contribution in [0.25, 0.3) is 0 Å². The van der Waals surface area contributed by atoms with Crippen molar-refractivity contribution in [3.63, 3.8) is 0 Å². The second-order valence-corrected chi connectivity index (χ2v) is 12.2. The van der Waals surface area contributed by atoms with Gasteiger partial charge in [0.15, 0.2) is 0 Å². The zero-order valence-corrected chi connectivity index (χ0v) is 27.5. The SMILES string of the molecule is CCC(CC)[C@@H]1C(=O)N[C@H](C2Cc3ccccc3C2)C(=O)N1Cc1ccc(C(=O)N(C)CCOC)cc1C(=O)N(C)CCOC. The van der Waals surface area contributed by atoms with E-state index in [0.29, 0.717) is 43.0 Å². The first-order valence-electron chi connectivity index (χ1n) is 15.9. The number of rotatable bonds is 14. The quantitative estimate of drug-likeness (QED) is 0.348. The molecule has 0 saturated carbocycles. The highest BCUT2D eigenvalue weighted by atomic mass is 16.5. The average Bonchev–Trinajstić information content (AvgIpc) is 3.49. The number of piperazine rings is 1. The van der Waals surface area contributed by atoms with E-state index in [1.165, 1.54) is 11.1 Å². The van der Waals surface area contributed by atoms with E-state index in [9.17, 15) is 19.2 Å². The predicted octanol–water partition coefficient (Wildman–Crippen LogP) is 3.17. The summed E-state index contributed by atoms with van der Waals surface area (Å²) in [5, 5.41) is 3.11. The maximum Gasteiger partial charge on any atom is 0.254 e. The summed E-state index contributed by atoms with van der Waals surface area (Å²) in [6.45, 7) is 5.63. The monoisotopic (exact) mass is 620 g/mol. The van der Waals surface area contributed by atoms with Gasteiger partial charge < -0.3 is 29.5 Å². The Bertz CT molecular complexity index is 1350. The predicted molar refractivity (Wildman–Crippen MR) is 172 cm³/mol. The second-order valence-electron chi connectivity index (χ2n) is 12.2. The molecule has 10 nitrogen and oxygen atoms in total. The number of nitrogens with zero attached hydrogens (tertiary/aromatic N) is 3. The number of carbonyl (C=O) groups is 4. The Balaban J connectivity index is 1.72. The van der Waals surface area contributed by atoms with Gasteiger partial charge in [0.2, 0.25) is 11.8 Å². The van der Waals surface area contributed by atoms with Crippen molar-refractivity contribution < 1.29 is 28.7 Å². The number of likely N-dealkylation sites (N-methyl/N-ethyl adjacent to an activating group) is 2. The van der Waals surface area contributed by atoms with Gasteiger partial charge >= 0.3 is 0 Å². The van der Waals surface area contributed by atoms with E-state index in [2.05, 4.69) is 17.4 Å². The van der Waals surface area contributed by atoms with Crippen LogP contribution < -0.4 is 5.32 Å². The van der Waals surface area contributed by atoms with Crippen molar-refractivity contribution in [1.82, 2.24) is 20.0 Å². The highest BCUT2D eigenvalue weighted by Gasteiger charge is 2.47. The molecule has 1 saturated heterocycles. The lowest BCUT2D eigenvalue weighted by atomic mass is 9.85. The molecule has 0 aromatic heterocycles. The van der Waals surface area contributed by atoms with Crippen LogP contribution in [0.4, 0.5) is 0 Å². The molecule has 1 fully saturated rings. The molecule has 1 aliphatic heterocycles. The number of fused-ring (bicyclic) bond motifs is 1. The number of amides is 4. The number of ether oxygens (including phenoxy) is 2. The third-order valence-electron chi connectivity index (χ3n) is 9.38. The first-order valence-corrected chi connectivity index (χ1v) is 15.9. The van der Waals surface area contributed by atoms with Crippen LogP contribution in [0.5, 0.6) is 0 Å². The van der Waals surface area contributed by atoms with Gasteiger partial charge in [-0.3, -0.25) is 19.2 Å². The van der Waals surface area contributed by atoms with Crippen molar-refractivity contribution in [2.24, 2.45) is 11.8 Å². The molecule has 1 heterocycles. The van der Waals surface area contributed by atoms with Crippen molar-refractivity contribution in [2.75, 3.05) is 54.6 Å². The molecule has 2 atom stereocenters. The normalized spacial score (nSPS) is 18.2. The zero-order valence-electron chi connectivity index (χ0n) is 27.5. The molecule has 1 N–H and O–H groups in total. The number of hydrogen-bond acceptors (Lipinski definition) is 6. The van der Waals surface area contributed by atoms with Crippen LogP contribution in [0.1, 0.15) is 64.1 Å². The topological polar surface area (TPSA) is 108 Å². The first kappa shape index (κ1) is 34.1. The van der Waals surface area contributed by atoms with E-state index in [0.717, 1.165) is 25.7 Å². The third kappa shape index (κ3) is 7.56. The molecule has 45 heavy (non-hydrogen) atoms. The van der Waals surface area contributed by atoms with Gasteiger partial charge in [-0.2, -0.15) is 0 Å². The van der Waals surface area contributed by atoms with E-state index < -0.39 is 12.1 Å². The first-order chi connectivity index (χ1) is 21.6. The fourth-order valence-corrected chi connectivity index (χ4v) is 6.60. The molecule has 2 aliphatic rings. The smallest absolute Gasteiger partial charge is 0.254 e. The average molecular weight is 621 g/mol. The standard InChI is InChI=1S/C35H48N4O6/c1-7-23(8-2)31-32(40)36-30(28-19-24-11-9-10-12-25(24)20-28)35(43)39(31)22-27-14-13-26(33(41)37(3)15-17-44-5)21-29(27)34(42)38(4)16-18-45-6/h9-14,21,23,28,30-31H,7-8,15-20,22H2,1-6H3,(H,36,40)/t30-,31-/m1/s1. The minimum Gasteiger partial charge on any atom is -0.383 e. The molecule has 0 radical (unpaired) electrons. The summed E-state index contributed by atoms with van der Waals surface area (Å²) in [7, 11) is 6.52. The van der Waals surface area contributed by atoms with Gasteiger partial charge in [-0.05, 0) is 53.5 Å². The molecule has 0 bridgehead atoms. The van der Waals surface area contributed by atoms with E-state index in [4.69, 9.17) is 9.47 Å². The summed E-state index contributed by atoms with van der Waals surface area (Å²) in [5.74, 6) is -0.901. The summed E-state index contributed by atoms with van der Waals surface area (Å²) in [6, 6.07) is 11.9. The van der Waals surface area contributed by atoms with Gasteiger partial charge in [-0.25, -0.2) is 0 Å². The Morgan fingerprint density at radius 1 is 0.911 bits per heavy atom. The highest BCUT2D eigenvalue weighted by Crippen LogP contribution is 2.34.